The molecule has 0 amide bonds. The minimum Gasteiger partial charge on any atom is -0.297 e. The summed E-state index contributed by atoms with van der Waals surface area (Å²) in [5.41, 5.74) is -0.327. The van der Waals surface area contributed by atoms with Gasteiger partial charge in [-0.25, -0.2) is 9.97 Å². The molecular weight excluding hydrogens is 268 g/mol. The maximum atomic E-state index is 9.61. The second-order valence-corrected chi connectivity index (χ2v) is 6.70. The van der Waals surface area contributed by atoms with Crippen molar-refractivity contribution in [2.24, 2.45) is 5.92 Å². The Morgan fingerprint density at radius 2 is 2.25 bits per heavy atom. The first-order valence-electron chi connectivity index (χ1n) is 7.25. The molecule has 0 bridgehead atoms. The van der Waals surface area contributed by atoms with Crippen molar-refractivity contribution in [1.29, 1.82) is 5.26 Å². The predicted molar refractivity (Wildman–Crippen MR) is 81.3 cm³/mol. The summed E-state index contributed by atoms with van der Waals surface area (Å²) in [5, 5.41) is 13.9. The zero-order valence-corrected chi connectivity index (χ0v) is 13.0. The number of hydrogen-bond donors (Lipinski definition) is 1. The van der Waals surface area contributed by atoms with Gasteiger partial charge in [-0.2, -0.15) is 5.26 Å². The second-order valence-electron chi connectivity index (χ2n) is 5.64. The highest BCUT2D eigenvalue weighted by Gasteiger charge is 2.42. The third kappa shape index (κ3) is 3.71. The van der Waals surface area contributed by atoms with E-state index in [-0.39, 0.29) is 5.54 Å². The first kappa shape index (κ1) is 15.3. The topological polar surface area (TPSA) is 61.6 Å². The van der Waals surface area contributed by atoms with Crippen molar-refractivity contribution in [2.75, 3.05) is 5.75 Å². The highest BCUT2D eigenvalue weighted by atomic mass is 32.2. The molecular formula is C15H22N4S. The quantitative estimate of drug-likeness (QED) is 0.644. The SMILES string of the molecule is CC(C)NC1(C#N)CCCC1CCSc1ncccn1. The largest absolute Gasteiger partial charge is 0.297 e. The number of thioether (sulfide) groups is 1. The van der Waals surface area contributed by atoms with Crippen LogP contribution < -0.4 is 5.32 Å². The van der Waals surface area contributed by atoms with Crippen LogP contribution in [0, 0.1) is 17.2 Å². The lowest BCUT2D eigenvalue weighted by atomic mass is 9.86. The Morgan fingerprint density at radius 1 is 1.50 bits per heavy atom. The molecule has 20 heavy (non-hydrogen) atoms. The van der Waals surface area contributed by atoms with Gasteiger partial charge in [0.1, 0.15) is 5.54 Å². The molecule has 0 saturated heterocycles. The Hall–Kier alpha value is -1.12. The molecule has 1 N–H and O–H groups in total. The van der Waals surface area contributed by atoms with Crippen molar-refractivity contribution in [3.8, 4) is 6.07 Å². The summed E-state index contributed by atoms with van der Waals surface area (Å²) in [6.07, 6.45) is 7.83. The van der Waals surface area contributed by atoms with Gasteiger partial charge in [0.2, 0.25) is 0 Å². The van der Waals surface area contributed by atoms with Crippen LogP contribution in [0.2, 0.25) is 0 Å². The van der Waals surface area contributed by atoms with Crippen molar-refractivity contribution in [3.63, 3.8) is 0 Å². The lowest BCUT2D eigenvalue weighted by Gasteiger charge is -2.32. The van der Waals surface area contributed by atoms with Crippen LogP contribution in [0.1, 0.15) is 39.5 Å². The fourth-order valence-electron chi connectivity index (χ4n) is 3.01. The highest BCUT2D eigenvalue weighted by molar-refractivity contribution is 7.99. The van der Waals surface area contributed by atoms with Crippen molar-refractivity contribution < 1.29 is 0 Å². The molecule has 108 valence electrons. The van der Waals surface area contributed by atoms with Crippen LogP contribution in [0.5, 0.6) is 0 Å². The van der Waals surface area contributed by atoms with E-state index < -0.39 is 0 Å². The van der Waals surface area contributed by atoms with Gasteiger partial charge < -0.3 is 0 Å². The Labute approximate surface area is 125 Å². The zero-order chi connectivity index (χ0) is 14.4. The Bertz CT molecular complexity index is 457. The number of rotatable bonds is 6. The molecule has 0 aromatic carbocycles. The average molecular weight is 290 g/mol. The van der Waals surface area contributed by atoms with Crippen LogP contribution in [0.25, 0.3) is 0 Å². The van der Waals surface area contributed by atoms with Gasteiger partial charge in [-0.1, -0.05) is 18.2 Å². The van der Waals surface area contributed by atoms with Crippen molar-refractivity contribution in [2.45, 2.75) is 56.3 Å². The normalized spacial score (nSPS) is 25.8. The molecule has 1 aliphatic rings. The van der Waals surface area contributed by atoms with Crippen LogP contribution in [-0.2, 0) is 0 Å². The predicted octanol–water partition coefficient (Wildman–Crippen LogP) is 3.02. The van der Waals surface area contributed by atoms with Crippen LogP contribution >= 0.6 is 11.8 Å². The van der Waals surface area contributed by atoms with Gasteiger partial charge in [-0.05, 0) is 45.1 Å². The Balaban J connectivity index is 1.89. The number of hydrogen-bond acceptors (Lipinski definition) is 5. The molecule has 1 aromatic heterocycles. The monoisotopic (exact) mass is 290 g/mol. The van der Waals surface area contributed by atoms with E-state index in [2.05, 4.69) is 35.2 Å². The van der Waals surface area contributed by atoms with Crippen molar-refractivity contribution >= 4 is 11.8 Å². The fraction of sp³-hybridized carbons (Fsp3) is 0.667. The molecule has 1 aromatic rings. The third-order valence-electron chi connectivity index (χ3n) is 3.81. The summed E-state index contributed by atoms with van der Waals surface area (Å²) in [6.45, 7) is 4.22. The van der Waals surface area contributed by atoms with E-state index in [1.807, 2.05) is 6.07 Å². The number of nitrogens with zero attached hydrogens (tertiary/aromatic N) is 3. The summed E-state index contributed by atoms with van der Waals surface area (Å²) < 4.78 is 0. The van der Waals surface area contributed by atoms with E-state index in [1.165, 1.54) is 0 Å². The number of nitrogens with one attached hydrogen (secondary N) is 1. The van der Waals surface area contributed by atoms with Gasteiger partial charge in [0.05, 0.1) is 6.07 Å². The Kier molecular flexibility index (Phi) is 5.38. The van der Waals surface area contributed by atoms with Crippen LogP contribution in [0.3, 0.4) is 0 Å². The fourth-order valence-corrected chi connectivity index (χ4v) is 3.86. The maximum absolute atomic E-state index is 9.61. The van der Waals surface area contributed by atoms with Crippen molar-refractivity contribution in [1.82, 2.24) is 15.3 Å². The van der Waals surface area contributed by atoms with Gasteiger partial charge in [0, 0.05) is 24.2 Å². The average Bonchev–Trinajstić information content (AvgIpc) is 2.83. The molecule has 0 radical (unpaired) electrons. The molecule has 0 aliphatic heterocycles. The van der Waals surface area contributed by atoms with Gasteiger partial charge in [-0.15, -0.1) is 0 Å². The summed E-state index contributed by atoms with van der Waals surface area (Å²) in [5.74, 6) is 1.41. The summed E-state index contributed by atoms with van der Waals surface area (Å²) in [4.78, 5) is 8.44. The number of nitriles is 1. The number of aromatic nitrogens is 2. The lowest BCUT2D eigenvalue weighted by Crippen LogP contribution is -2.50. The van der Waals surface area contributed by atoms with Gasteiger partial charge in [-0.3, -0.25) is 5.32 Å². The molecule has 1 saturated carbocycles. The van der Waals surface area contributed by atoms with Crippen LogP contribution in [0.15, 0.2) is 23.6 Å². The van der Waals surface area contributed by atoms with Gasteiger partial charge >= 0.3 is 0 Å². The first-order valence-corrected chi connectivity index (χ1v) is 8.23. The highest BCUT2D eigenvalue weighted by Crippen LogP contribution is 2.38. The van der Waals surface area contributed by atoms with E-state index in [0.717, 1.165) is 36.6 Å². The molecule has 1 fully saturated rings. The smallest absolute Gasteiger partial charge is 0.187 e. The molecule has 2 rings (SSSR count). The van der Waals surface area contributed by atoms with E-state index in [0.29, 0.717) is 12.0 Å². The summed E-state index contributed by atoms with van der Waals surface area (Å²) in [6, 6.07) is 4.73. The zero-order valence-electron chi connectivity index (χ0n) is 12.2. The molecule has 1 heterocycles. The molecule has 1 aliphatic carbocycles. The standard InChI is InChI=1S/C15H22N4S/c1-12(2)19-15(11-16)7-3-5-13(15)6-10-20-14-17-8-4-9-18-14/h4,8-9,12-13,19H,3,5-7,10H2,1-2H3. The van der Waals surface area contributed by atoms with E-state index >= 15 is 0 Å². The van der Waals surface area contributed by atoms with Crippen LogP contribution in [-0.4, -0.2) is 27.3 Å². The van der Waals surface area contributed by atoms with E-state index in [9.17, 15) is 5.26 Å². The molecule has 2 unspecified atom stereocenters. The molecule has 0 spiro atoms. The van der Waals surface area contributed by atoms with E-state index in [4.69, 9.17) is 0 Å². The molecule has 5 heteroatoms. The lowest BCUT2D eigenvalue weighted by molar-refractivity contribution is 0.289. The summed E-state index contributed by atoms with van der Waals surface area (Å²) in [7, 11) is 0. The Morgan fingerprint density at radius 3 is 2.90 bits per heavy atom. The minimum atomic E-state index is -0.327. The van der Waals surface area contributed by atoms with Gasteiger partial charge in [0.25, 0.3) is 0 Å². The maximum Gasteiger partial charge on any atom is 0.187 e. The first-order chi connectivity index (χ1) is 9.66. The molecule has 4 nitrogen and oxygen atoms in total. The minimum absolute atomic E-state index is 0.327. The molecule has 2 atom stereocenters. The van der Waals surface area contributed by atoms with E-state index in [1.54, 1.807) is 24.2 Å². The third-order valence-corrected chi connectivity index (χ3v) is 4.71. The van der Waals surface area contributed by atoms with Crippen LogP contribution in [0.4, 0.5) is 0 Å². The second kappa shape index (κ2) is 7.05. The van der Waals surface area contributed by atoms with Gasteiger partial charge in [0.15, 0.2) is 5.16 Å². The van der Waals surface area contributed by atoms with Crippen molar-refractivity contribution in [3.05, 3.63) is 18.5 Å². The summed E-state index contributed by atoms with van der Waals surface area (Å²) >= 11 is 1.68.